The van der Waals surface area contributed by atoms with Gasteiger partial charge in [0.1, 0.15) is 0 Å². The van der Waals surface area contributed by atoms with E-state index in [0.717, 1.165) is 50.9 Å². The van der Waals surface area contributed by atoms with Gasteiger partial charge in [0.25, 0.3) is 5.56 Å². The second-order valence-corrected chi connectivity index (χ2v) is 8.75. The van der Waals surface area contributed by atoms with Crippen LogP contribution in [-0.4, -0.2) is 31.2 Å². The summed E-state index contributed by atoms with van der Waals surface area (Å²) in [6.07, 6.45) is 2.73. The molecule has 4 aromatic heterocycles. The van der Waals surface area contributed by atoms with E-state index in [2.05, 4.69) is 26.0 Å². The van der Waals surface area contributed by atoms with E-state index in [4.69, 9.17) is 0 Å². The summed E-state index contributed by atoms with van der Waals surface area (Å²) in [5.41, 5.74) is 5.40. The molecule has 30 heavy (non-hydrogen) atoms. The SMILES string of the molecule is Cc1cc(=O)n2nc(N3CCc4ncc(-c5ccc(CO)s5)cc4C3)c(C)cc2n1. The molecule has 0 saturated heterocycles. The van der Waals surface area contributed by atoms with Gasteiger partial charge in [-0.3, -0.25) is 9.78 Å². The molecule has 5 rings (SSSR count). The van der Waals surface area contributed by atoms with Crippen molar-refractivity contribution in [2.45, 2.75) is 33.4 Å². The molecule has 0 aromatic carbocycles. The van der Waals surface area contributed by atoms with Crippen LogP contribution >= 0.6 is 11.3 Å². The zero-order valence-corrected chi connectivity index (χ0v) is 17.6. The van der Waals surface area contributed by atoms with E-state index in [-0.39, 0.29) is 12.2 Å². The first kappa shape index (κ1) is 18.9. The Balaban J connectivity index is 1.51. The van der Waals surface area contributed by atoms with Crippen LogP contribution in [0, 0.1) is 13.8 Å². The maximum atomic E-state index is 12.4. The molecule has 0 unspecified atom stereocenters. The fraction of sp³-hybridized carbons (Fsp3) is 0.273. The lowest BCUT2D eigenvalue weighted by Crippen LogP contribution is -2.33. The highest BCUT2D eigenvalue weighted by molar-refractivity contribution is 7.15. The van der Waals surface area contributed by atoms with Crippen molar-refractivity contribution in [3.05, 3.63) is 74.3 Å². The van der Waals surface area contributed by atoms with Gasteiger partial charge in [-0.05, 0) is 49.2 Å². The Morgan fingerprint density at radius 2 is 2.07 bits per heavy atom. The Bertz CT molecular complexity index is 1330. The first-order valence-electron chi connectivity index (χ1n) is 9.83. The third-order valence-corrected chi connectivity index (χ3v) is 6.50. The van der Waals surface area contributed by atoms with Crippen molar-refractivity contribution < 1.29 is 5.11 Å². The fourth-order valence-electron chi connectivity index (χ4n) is 3.91. The lowest BCUT2D eigenvalue weighted by molar-refractivity contribution is 0.285. The molecule has 0 fully saturated rings. The molecule has 5 heterocycles. The third kappa shape index (κ3) is 3.28. The minimum atomic E-state index is -0.169. The molecular formula is C22H21N5O2S. The van der Waals surface area contributed by atoms with E-state index in [1.807, 2.05) is 38.2 Å². The Morgan fingerprint density at radius 1 is 1.20 bits per heavy atom. The molecule has 0 aliphatic carbocycles. The van der Waals surface area contributed by atoms with Crippen LogP contribution in [0.5, 0.6) is 0 Å². The number of hydrogen-bond acceptors (Lipinski definition) is 7. The molecule has 0 amide bonds. The van der Waals surface area contributed by atoms with Gasteiger partial charge >= 0.3 is 0 Å². The number of anilines is 1. The van der Waals surface area contributed by atoms with Gasteiger partial charge in [-0.1, -0.05) is 0 Å². The van der Waals surface area contributed by atoms with Crippen molar-refractivity contribution in [1.29, 1.82) is 0 Å². The molecule has 0 radical (unpaired) electrons. The Kier molecular flexibility index (Phi) is 4.60. The van der Waals surface area contributed by atoms with E-state index >= 15 is 0 Å². The van der Waals surface area contributed by atoms with Crippen molar-refractivity contribution in [2.24, 2.45) is 0 Å². The van der Waals surface area contributed by atoms with Gasteiger partial charge in [-0.15, -0.1) is 16.4 Å². The summed E-state index contributed by atoms with van der Waals surface area (Å²) in [5.74, 6) is 0.796. The molecule has 4 aromatic rings. The van der Waals surface area contributed by atoms with Crippen LogP contribution < -0.4 is 10.5 Å². The summed E-state index contributed by atoms with van der Waals surface area (Å²) >= 11 is 1.58. The molecule has 1 N–H and O–H groups in total. The summed E-state index contributed by atoms with van der Waals surface area (Å²) in [7, 11) is 0. The molecule has 0 saturated carbocycles. The lowest BCUT2D eigenvalue weighted by atomic mass is 10.0. The minimum Gasteiger partial charge on any atom is -0.391 e. The highest BCUT2D eigenvalue weighted by atomic mass is 32.1. The highest BCUT2D eigenvalue weighted by Gasteiger charge is 2.22. The van der Waals surface area contributed by atoms with E-state index in [9.17, 15) is 9.90 Å². The molecule has 0 bridgehead atoms. The van der Waals surface area contributed by atoms with Crippen molar-refractivity contribution in [1.82, 2.24) is 19.6 Å². The fourth-order valence-corrected chi connectivity index (χ4v) is 4.76. The highest BCUT2D eigenvalue weighted by Crippen LogP contribution is 2.31. The van der Waals surface area contributed by atoms with E-state index in [1.54, 1.807) is 11.3 Å². The number of pyridine rings is 1. The van der Waals surface area contributed by atoms with Crippen molar-refractivity contribution in [2.75, 3.05) is 11.4 Å². The van der Waals surface area contributed by atoms with Gasteiger partial charge in [-0.2, -0.15) is 4.52 Å². The maximum absolute atomic E-state index is 12.4. The number of aliphatic hydroxyl groups excluding tert-OH is 1. The predicted octanol–water partition coefficient (Wildman–Crippen LogP) is 2.88. The molecule has 1 aliphatic heterocycles. The topological polar surface area (TPSA) is 83.6 Å². The molecule has 1 aliphatic rings. The van der Waals surface area contributed by atoms with Crippen LogP contribution in [0.3, 0.4) is 0 Å². The molecule has 7 nitrogen and oxygen atoms in total. The Morgan fingerprint density at radius 3 is 2.87 bits per heavy atom. The third-order valence-electron chi connectivity index (χ3n) is 5.38. The summed E-state index contributed by atoms with van der Waals surface area (Å²) in [6.45, 7) is 5.34. The standard InChI is InChI=1S/C22H21N5O2S/c1-13-7-20-24-14(2)8-21(29)27(20)25-22(13)26-6-5-18-16(11-26)9-15(10-23-18)19-4-3-17(12-28)30-19/h3-4,7-10,28H,5-6,11-12H2,1-2H3. The number of nitrogens with zero attached hydrogens (tertiary/aromatic N) is 5. The summed E-state index contributed by atoms with van der Waals surface area (Å²) in [5, 5.41) is 14.0. The number of aryl methyl sites for hydroxylation is 2. The average Bonchev–Trinajstić information content (AvgIpc) is 3.22. The second kappa shape index (κ2) is 7.30. The predicted molar refractivity (Wildman–Crippen MR) is 117 cm³/mol. The summed E-state index contributed by atoms with van der Waals surface area (Å²) < 4.78 is 1.38. The minimum absolute atomic E-state index is 0.0531. The average molecular weight is 420 g/mol. The van der Waals surface area contributed by atoms with Crippen molar-refractivity contribution in [3.63, 3.8) is 0 Å². The summed E-state index contributed by atoms with van der Waals surface area (Å²) in [6, 6.07) is 9.57. The van der Waals surface area contributed by atoms with E-state index in [0.29, 0.717) is 17.9 Å². The van der Waals surface area contributed by atoms with Gasteiger partial charge in [0.05, 0.1) is 6.61 Å². The van der Waals surface area contributed by atoms with Crippen LogP contribution in [0.1, 0.15) is 27.4 Å². The van der Waals surface area contributed by atoms with Gasteiger partial charge < -0.3 is 10.0 Å². The van der Waals surface area contributed by atoms with E-state index < -0.39 is 0 Å². The van der Waals surface area contributed by atoms with Crippen molar-refractivity contribution in [3.8, 4) is 10.4 Å². The molecule has 0 atom stereocenters. The van der Waals surface area contributed by atoms with Gasteiger partial charge in [0, 0.05) is 58.5 Å². The van der Waals surface area contributed by atoms with E-state index in [1.165, 1.54) is 10.6 Å². The number of hydrogen-bond donors (Lipinski definition) is 1. The zero-order valence-electron chi connectivity index (χ0n) is 16.8. The Hall–Kier alpha value is -3.10. The quantitative estimate of drug-likeness (QED) is 0.550. The van der Waals surface area contributed by atoms with Crippen LogP contribution in [0.15, 0.2) is 41.3 Å². The molecular weight excluding hydrogens is 398 g/mol. The number of aliphatic hydroxyl groups is 1. The van der Waals surface area contributed by atoms with Crippen LogP contribution in [-0.2, 0) is 19.6 Å². The van der Waals surface area contributed by atoms with Crippen molar-refractivity contribution >= 4 is 22.8 Å². The number of thiophene rings is 1. The van der Waals surface area contributed by atoms with Crippen LogP contribution in [0.25, 0.3) is 16.1 Å². The molecule has 152 valence electrons. The zero-order chi connectivity index (χ0) is 20.8. The molecule has 8 heteroatoms. The van der Waals surface area contributed by atoms with Gasteiger partial charge in [-0.25, -0.2) is 4.98 Å². The molecule has 0 spiro atoms. The van der Waals surface area contributed by atoms with Gasteiger partial charge in [0.2, 0.25) is 0 Å². The number of rotatable bonds is 3. The second-order valence-electron chi connectivity index (χ2n) is 7.58. The summed E-state index contributed by atoms with van der Waals surface area (Å²) in [4.78, 5) is 25.7. The lowest BCUT2D eigenvalue weighted by Gasteiger charge is -2.30. The Labute approximate surface area is 177 Å². The van der Waals surface area contributed by atoms with Gasteiger partial charge in [0.15, 0.2) is 11.5 Å². The largest absolute Gasteiger partial charge is 0.391 e. The first-order valence-corrected chi connectivity index (χ1v) is 10.6. The first-order chi connectivity index (χ1) is 14.5. The smallest absolute Gasteiger partial charge is 0.274 e. The van der Waals surface area contributed by atoms with Crippen LogP contribution in [0.4, 0.5) is 5.82 Å². The normalized spacial score (nSPS) is 13.6. The maximum Gasteiger partial charge on any atom is 0.274 e. The number of aromatic nitrogens is 4. The monoisotopic (exact) mass is 419 g/mol. The number of fused-ring (bicyclic) bond motifs is 2. The van der Waals surface area contributed by atoms with Crippen LogP contribution in [0.2, 0.25) is 0 Å².